The molecule has 1 aliphatic heterocycles. The normalized spacial score (nSPS) is 17.5. The molecule has 0 radical (unpaired) electrons. The minimum Gasteiger partial charge on any atom is -0.342 e. The summed E-state index contributed by atoms with van der Waals surface area (Å²) in [4.78, 5) is 16.0. The van der Waals surface area contributed by atoms with E-state index >= 15 is 0 Å². The number of carbonyl (C=O) groups is 1. The van der Waals surface area contributed by atoms with E-state index in [-0.39, 0.29) is 0 Å². The Morgan fingerprint density at radius 3 is 2.21 bits per heavy atom. The van der Waals surface area contributed by atoms with Gasteiger partial charge >= 0.3 is 0 Å². The third-order valence-corrected chi connectivity index (χ3v) is 2.96. The fourth-order valence-electron chi connectivity index (χ4n) is 1.88. The smallest absolute Gasteiger partial charge is 0.236 e. The third-order valence-electron chi connectivity index (χ3n) is 2.96. The van der Waals surface area contributed by atoms with Gasteiger partial charge in [0.2, 0.25) is 5.91 Å². The van der Waals surface area contributed by atoms with E-state index in [0.717, 1.165) is 26.2 Å². The number of carbonyl (C=O) groups excluding carboxylic acids is 1. The zero-order valence-electron chi connectivity index (χ0n) is 9.46. The van der Waals surface area contributed by atoms with Crippen LogP contribution in [-0.2, 0) is 4.79 Å². The van der Waals surface area contributed by atoms with Gasteiger partial charge in [-0.25, -0.2) is 0 Å². The Hall–Kier alpha value is -0.570. The molecule has 0 unspecified atom stereocenters. The minimum absolute atomic E-state index is 0.313. The average Bonchev–Trinajstić information content (AvgIpc) is 2.26. The first-order valence-corrected chi connectivity index (χ1v) is 5.78. The Kier molecular flexibility index (Phi) is 4.94. The third kappa shape index (κ3) is 3.29. The summed E-state index contributed by atoms with van der Waals surface area (Å²) in [7, 11) is 0. The van der Waals surface area contributed by atoms with Crippen LogP contribution < -0.4 is 0 Å². The Labute approximate surface area is 87.1 Å². The van der Waals surface area contributed by atoms with Crippen molar-refractivity contribution in [3.05, 3.63) is 0 Å². The molecule has 1 amide bonds. The van der Waals surface area contributed by atoms with Gasteiger partial charge in [-0.1, -0.05) is 13.8 Å². The van der Waals surface area contributed by atoms with Crippen molar-refractivity contribution < 1.29 is 4.79 Å². The number of rotatable bonds is 4. The van der Waals surface area contributed by atoms with Crippen molar-refractivity contribution in [1.29, 1.82) is 0 Å². The maximum absolute atomic E-state index is 11.8. The van der Waals surface area contributed by atoms with E-state index in [1.54, 1.807) is 0 Å². The lowest BCUT2D eigenvalue weighted by atomic mass is 10.1. The second-order valence-electron chi connectivity index (χ2n) is 3.90. The van der Waals surface area contributed by atoms with Gasteiger partial charge in [0.1, 0.15) is 0 Å². The van der Waals surface area contributed by atoms with E-state index in [1.165, 1.54) is 19.3 Å². The molecule has 1 aliphatic rings. The molecule has 0 aromatic rings. The van der Waals surface area contributed by atoms with Gasteiger partial charge in [-0.05, 0) is 32.4 Å². The zero-order valence-corrected chi connectivity index (χ0v) is 9.46. The van der Waals surface area contributed by atoms with Crippen molar-refractivity contribution in [3.63, 3.8) is 0 Å². The first-order chi connectivity index (χ1) is 6.77. The van der Waals surface area contributed by atoms with Gasteiger partial charge in [0, 0.05) is 13.1 Å². The van der Waals surface area contributed by atoms with Gasteiger partial charge in [0.15, 0.2) is 0 Å². The van der Waals surface area contributed by atoms with Crippen LogP contribution >= 0.6 is 0 Å². The molecule has 0 bridgehead atoms. The van der Waals surface area contributed by atoms with Crippen LogP contribution in [0.5, 0.6) is 0 Å². The van der Waals surface area contributed by atoms with Crippen molar-refractivity contribution in [2.24, 2.45) is 0 Å². The lowest BCUT2D eigenvalue weighted by Gasteiger charge is -2.29. The molecule has 0 N–H and O–H groups in total. The molecule has 82 valence electrons. The van der Waals surface area contributed by atoms with Crippen molar-refractivity contribution in [3.8, 4) is 0 Å². The molecule has 0 atom stereocenters. The molecule has 0 aromatic heterocycles. The second kappa shape index (κ2) is 6.02. The van der Waals surface area contributed by atoms with Crippen molar-refractivity contribution >= 4 is 5.91 Å². The van der Waals surface area contributed by atoms with Crippen molar-refractivity contribution in [2.45, 2.75) is 33.1 Å². The molecule has 0 saturated carbocycles. The summed E-state index contributed by atoms with van der Waals surface area (Å²) in [6, 6.07) is 0. The van der Waals surface area contributed by atoms with Crippen molar-refractivity contribution in [1.82, 2.24) is 9.80 Å². The van der Waals surface area contributed by atoms with Gasteiger partial charge in [-0.2, -0.15) is 0 Å². The molecule has 0 aliphatic carbocycles. The van der Waals surface area contributed by atoms with E-state index in [0.29, 0.717) is 12.5 Å². The summed E-state index contributed by atoms with van der Waals surface area (Å²) in [5.74, 6) is 0.313. The highest BCUT2D eigenvalue weighted by Gasteiger charge is 2.17. The summed E-state index contributed by atoms with van der Waals surface area (Å²) >= 11 is 0. The van der Waals surface area contributed by atoms with Crippen LogP contribution in [0.25, 0.3) is 0 Å². The van der Waals surface area contributed by atoms with E-state index in [1.807, 2.05) is 4.90 Å². The molecule has 3 heteroatoms. The van der Waals surface area contributed by atoms with Crippen LogP contribution in [0.2, 0.25) is 0 Å². The lowest BCUT2D eigenvalue weighted by molar-refractivity contribution is -0.133. The maximum atomic E-state index is 11.8. The Morgan fingerprint density at radius 2 is 1.71 bits per heavy atom. The number of nitrogens with zero attached hydrogens (tertiary/aromatic N) is 2. The molecule has 1 saturated heterocycles. The summed E-state index contributed by atoms with van der Waals surface area (Å²) in [6.45, 7) is 8.69. The van der Waals surface area contributed by atoms with Crippen LogP contribution in [0.4, 0.5) is 0 Å². The van der Waals surface area contributed by atoms with Crippen LogP contribution in [0.3, 0.4) is 0 Å². The van der Waals surface area contributed by atoms with Crippen LogP contribution in [-0.4, -0.2) is 48.4 Å². The molecular weight excluding hydrogens is 176 g/mol. The first-order valence-electron chi connectivity index (χ1n) is 5.78. The SMILES string of the molecule is CCN(CC)CC(=O)N1CCCCC1. The number of amides is 1. The zero-order chi connectivity index (χ0) is 10.4. The van der Waals surface area contributed by atoms with Crippen LogP contribution in [0.1, 0.15) is 33.1 Å². The van der Waals surface area contributed by atoms with E-state index in [9.17, 15) is 4.79 Å². The Balaban J connectivity index is 2.32. The number of hydrogen-bond acceptors (Lipinski definition) is 2. The van der Waals surface area contributed by atoms with Gasteiger partial charge in [0.05, 0.1) is 6.54 Å². The predicted molar refractivity (Wildman–Crippen MR) is 58.2 cm³/mol. The summed E-state index contributed by atoms with van der Waals surface area (Å²) in [5, 5.41) is 0. The van der Waals surface area contributed by atoms with E-state index in [4.69, 9.17) is 0 Å². The topological polar surface area (TPSA) is 23.6 Å². The number of hydrogen-bond donors (Lipinski definition) is 0. The molecule has 1 rings (SSSR count). The van der Waals surface area contributed by atoms with Gasteiger partial charge in [-0.15, -0.1) is 0 Å². The van der Waals surface area contributed by atoms with Gasteiger partial charge in [-0.3, -0.25) is 9.69 Å². The highest BCUT2D eigenvalue weighted by atomic mass is 16.2. The number of likely N-dealkylation sites (N-methyl/N-ethyl adjacent to an activating group) is 1. The molecule has 1 fully saturated rings. The fourth-order valence-corrected chi connectivity index (χ4v) is 1.88. The number of piperidine rings is 1. The standard InChI is InChI=1S/C11H22N2O/c1-3-12(4-2)10-11(14)13-8-6-5-7-9-13/h3-10H2,1-2H3. The van der Waals surface area contributed by atoms with Crippen molar-refractivity contribution in [2.75, 3.05) is 32.7 Å². The molecule has 1 heterocycles. The van der Waals surface area contributed by atoms with Crippen LogP contribution in [0, 0.1) is 0 Å². The van der Waals surface area contributed by atoms with E-state index in [2.05, 4.69) is 18.7 Å². The predicted octanol–water partition coefficient (Wildman–Crippen LogP) is 1.34. The summed E-state index contributed by atoms with van der Waals surface area (Å²) in [5.41, 5.74) is 0. The molecule has 0 aromatic carbocycles. The molecular formula is C11H22N2O. The first kappa shape index (κ1) is 11.5. The monoisotopic (exact) mass is 198 g/mol. The Morgan fingerprint density at radius 1 is 1.14 bits per heavy atom. The largest absolute Gasteiger partial charge is 0.342 e. The average molecular weight is 198 g/mol. The summed E-state index contributed by atoms with van der Waals surface area (Å²) < 4.78 is 0. The summed E-state index contributed by atoms with van der Waals surface area (Å²) in [6.07, 6.45) is 3.66. The van der Waals surface area contributed by atoms with E-state index < -0.39 is 0 Å². The van der Waals surface area contributed by atoms with Gasteiger partial charge < -0.3 is 4.90 Å². The molecule has 14 heavy (non-hydrogen) atoms. The van der Waals surface area contributed by atoms with Gasteiger partial charge in [0.25, 0.3) is 0 Å². The number of likely N-dealkylation sites (tertiary alicyclic amines) is 1. The highest BCUT2D eigenvalue weighted by molar-refractivity contribution is 5.78. The minimum atomic E-state index is 0.313. The molecule has 0 spiro atoms. The second-order valence-corrected chi connectivity index (χ2v) is 3.90. The fraction of sp³-hybridized carbons (Fsp3) is 0.909. The quantitative estimate of drug-likeness (QED) is 0.680. The Bertz CT molecular complexity index is 172. The van der Waals surface area contributed by atoms with Crippen LogP contribution in [0.15, 0.2) is 0 Å². The highest BCUT2D eigenvalue weighted by Crippen LogP contribution is 2.08. The lowest BCUT2D eigenvalue weighted by Crippen LogP contribution is -2.42. The molecule has 3 nitrogen and oxygen atoms in total. The maximum Gasteiger partial charge on any atom is 0.236 e.